The number of pyridine rings is 1. The van der Waals surface area contributed by atoms with Crippen LogP contribution in [0.25, 0.3) is 5.65 Å². The fraction of sp³-hybridized carbons (Fsp3) is 0.364. The monoisotopic (exact) mass is 362 g/mol. The lowest BCUT2D eigenvalue weighted by Gasteiger charge is -2.39. The van der Waals surface area contributed by atoms with E-state index in [1.54, 1.807) is 0 Å². The van der Waals surface area contributed by atoms with Crippen molar-refractivity contribution < 1.29 is 4.79 Å². The van der Waals surface area contributed by atoms with Gasteiger partial charge in [-0.15, -0.1) is 0 Å². The minimum absolute atomic E-state index is 0.107. The van der Waals surface area contributed by atoms with Crippen LogP contribution < -0.4 is 5.32 Å². The van der Waals surface area contributed by atoms with E-state index in [9.17, 15) is 4.79 Å². The van der Waals surface area contributed by atoms with Crippen molar-refractivity contribution in [3.05, 3.63) is 71.7 Å². The number of piperidine rings is 1. The van der Waals surface area contributed by atoms with Gasteiger partial charge < -0.3 is 14.6 Å². The zero-order valence-electron chi connectivity index (χ0n) is 16.0. The van der Waals surface area contributed by atoms with Crippen molar-refractivity contribution in [2.75, 3.05) is 20.1 Å². The molecular formula is C22H26N4O. The number of likely N-dealkylation sites (tertiary alicyclic amines) is 1. The Balaban J connectivity index is 1.54. The first-order valence-electron chi connectivity index (χ1n) is 9.53. The van der Waals surface area contributed by atoms with E-state index in [-0.39, 0.29) is 5.91 Å². The van der Waals surface area contributed by atoms with E-state index in [2.05, 4.69) is 47.4 Å². The van der Waals surface area contributed by atoms with E-state index in [4.69, 9.17) is 0 Å². The van der Waals surface area contributed by atoms with Gasteiger partial charge in [0.1, 0.15) is 5.65 Å². The van der Waals surface area contributed by atoms with Gasteiger partial charge in [0.25, 0.3) is 0 Å². The van der Waals surface area contributed by atoms with Crippen molar-refractivity contribution in [2.45, 2.75) is 31.7 Å². The molecule has 140 valence electrons. The van der Waals surface area contributed by atoms with Crippen LogP contribution in [0.2, 0.25) is 0 Å². The minimum atomic E-state index is -0.455. The molecule has 4 rings (SSSR count). The number of imidazole rings is 1. The van der Waals surface area contributed by atoms with Gasteiger partial charge >= 0.3 is 0 Å². The van der Waals surface area contributed by atoms with Crippen LogP contribution in [0.15, 0.2) is 54.9 Å². The van der Waals surface area contributed by atoms with Crippen LogP contribution in [0.1, 0.15) is 29.7 Å². The lowest BCUT2D eigenvalue weighted by Crippen LogP contribution is -2.50. The van der Waals surface area contributed by atoms with Gasteiger partial charge in [-0.1, -0.05) is 30.3 Å². The van der Waals surface area contributed by atoms with Crippen LogP contribution in [0.4, 0.5) is 0 Å². The Kier molecular flexibility index (Phi) is 4.70. The molecule has 3 heterocycles. The smallest absolute Gasteiger partial charge is 0.231 e. The second-order valence-corrected chi connectivity index (χ2v) is 7.64. The van der Waals surface area contributed by atoms with E-state index in [0.717, 1.165) is 42.8 Å². The zero-order chi connectivity index (χ0) is 18.9. The fourth-order valence-electron chi connectivity index (χ4n) is 3.97. The largest absolute Gasteiger partial charge is 0.350 e. The highest BCUT2D eigenvalue weighted by Crippen LogP contribution is 2.35. The summed E-state index contributed by atoms with van der Waals surface area (Å²) in [5.41, 5.74) is 3.63. The summed E-state index contributed by atoms with van der Waals surface area (Å²) >= 11 is 0. The highest BCUT2D eigenvalue weighted by atomic mass is 16.2. The topological polar surface area (TPSA) is 49.6 Å². The first-order chi connectivity index (χ1) is 13.1. The second-order valence-electron chi connectivity index (χ2n) is 7.64. The quantitative estimate of drug-likeness (QED) is 0.776. The Morgan fingerprint density at radius 1 is 1.19 bits per heavy atom. The van der Waals surface area contributed by atoms with Crippen molar-refractivity contribution >= 4 is 11.6 Å². The average Bonchev–Trinajstić information content (AvgIpc) is 3.09. The van der Waals surface area contributed by atoms with Crippen molar-refractivity contribution in [1.82, 2.24) is 19.6 Å². The molecule has 2 aromatic heterocycles. The zero-order valence-corrected chi connectivity index (χ0v) is 16.0. The Hall–Kier alpha value is -2.66. The van der Waals surface area contributed by atoms with Gasteiger partial charge in [-0.25, -0.2) is 4.98 Å². The molecular weight excluding hydrogens is 336 g/mol. The maximum atomic E-state index is 13.3. The van der Waals surface area contributed by atoms with Crippen LogP contribution in [-0.4, -0.2) is 40.3 Å². The molecule has 0 radical (unpaired) electrons. The molecule has 0 bridgehead atoms. The number of rotatable bonds is 4. The molecule has 1 saturated heterocycles. The summed E-state index contributed by atoms with van der Waals surface area (Å²) in [7, 11) is 2.12. The Morgan fingerprint density at radius 3 is 2.67 bits per heavy atom. The first-order valence-corrected chi connectivity index (χ1v) is 9.53. The number of hydrogen-bond acceptors (Lipinski definition) is 3. The van der Waals surface area contributed by atoms with Crippen LogP contribution >= 0.6 is 0 Å². The van der Waals surface area contributed by atoms with Crippen LogP contribution in [0.5, 0.6) is 0 Å². The maximum absolute atomic E-state index is 13.3. The summed E-state index contributed by atoms with van der Waals surface area (Å²) in [6.45, 7) is 4.36. The van der Waals surface area contributed by atoms with E-state index in [1.807, 2.05) is 41.1 Å². The second kappa shape index (κ2) is 7.16. The normalized spacial score (nSPS) is 17.1. The fourth-order valence-corrected chi connectivity index (χ4v) is 3.97. The molecule has 0 unspecified atom stereocenters. The number of nitrogens with zero attached hydrogens (tertiary/aromatic N) is 3. The summed E-state index contributed by atoms with van der Waals surface area (Å²) in [6.07, 6.45) is 5.66. The molecule has 1 aromatic carbocycles. The van der Waals surface area contributed by atoms with Gasteiger partial charge in [-0.05, 0) is 63.2 Å². The molecule has 0 spiro atoms. The highest BCUT2D eigenvalue weighted by molar-refractivity contribution is 5.88. The third-order valence-electron chi connectivity index (χ3n) is 5.70. The third kappa shape index (κ3) is 3.47. The van der Waals surface area contributed by atoms with Crippen LogP contribution in [0.3, 0.4) is 0 Å². The highest BCUT2D eigenvalue weighted by Gasteiger charge is 2.42. The molecule has 1 amide bonds. The lowest BCUT2D eigenvalue weighted by molar-refractivity contribution is -0.128. The SMILES string of the molecule is Cc1ccn2cc(CNC(=O)C3(c4ccccc4)CCN(C)CC3)nc2c1. The number of carbonyl (C=O) groups is 1. The number of aromatic nitrogens is 2. The number of nitrogens with one attached hydrogen (secondary N) is 1. The molecule has 27 heavy (non-hydrogen) atoms. The molecule has 5 nitrogen and oxygen atoms in total. The summed E-state index contributed by atoms with van der Waals surface area (Å²) in [4.78, 5) is 20.2. The number of carbonyl (C=O) groups excluding carboxylic acids is 1. The van der Waals surface area contributed by atoms with Gasteiger partial charge in [0, 0.05) is 12.4 Å². The molecule has 1 aliphatic rings. The van der Waals surface area contributed by atoms with Gasteiger partial charge in [-0.2, -0.15) is 0 Å². The number of fused-ring (bicyclic) bond motifs is 1. The van der Waals surface area contributed by atoms with E-state index in [1.165, 1.54) is 5.56 Å². The Morgan fingerprint density at radius 2 is 1.93 bits per heavy atom. The molecule has 0 saturated carbocycles. The van der Waals surface area contributed by atoms with Crippen molar-refractivity contribution in [1.29, 1.82) is 0 Å². The van der Waals surface area contributed by atoms with E-state index < -0.39 is 5.41 Å². The Labute approximate surface area is 160 Å². The molecule has 0 atom stereocenters. The maximum Gasteiger partial charge on any atom is 0.231 e. The average molecular weight is 362 g/mol. The molecule has 0 aliphatic carbocycles. The third-order valence-corrected chi connectivity index (χ3v) is 5.70. The van der Waals surface area contributed by atoms with Gasteiger partial charge in [-0.3, -0.25) is 4.79 Å². The number of benzene rings is 1. The lowest BCUT2D eigenvalue weighted by atomic mass is 9.72. The summed E-state index contributed by atoms with van der Waals surface area (Å²) in [5.74, 6) is 0.107. The summed E-state index contributed by atoms with van der Waals surface area (Å²) in [6, 6.07) is 14.3. The predicted octanol–water partition coefficient (Wildman–Crippen LogP) is 2.92. The van der Waals surface area contributed by atoms with E-state index in [0.29, 0.717) is 6.54 Å². The molecule has 1 fully saturated rings. The van der Waals surface area contributed by atoms with Gasteiger partial charge in [0.05, 0.1) is 17.7 Å². The van der Waals surface area contributed by atoms with Crippen molar-refractivity contribution in [3.8, 4) is 0 Å². The van der Waals surface area contributed by atoms with Crippen LogP contribution in [-0.2, 0) is 16.8 Å². The van der Waals surface area contributed by atoms with Crippen LogP contribution in [0, 0.1) is 6.92 Å². The molecule has 1 aliphatic heterocycles. The van der Waals surface area contributed by atoms with E-state index >= 15 is 0 Å². The first kappa shape index (κ1) is 17.7. The molecule has 5 heteroatoms. The van der Waals surface area contributed by atoms with Crippen molar-refractivity contribution in [2.24, 2.45) is 0 Å². The number of amides is 1. The number of hydrogen-bond donors (Lipinski definition) is 1. The van der Waals surface area contributed by atoms with Gasteiger partial charge in [0.2, 0.25) is 5.91 Å². The molecule has 1 N–H and O–H groups in total. The predicted molar refractivity (Wildman–Crippen MR) is 107 cm³/mol. The Bertz CT molecular complexity index is 939. The van der Waals surface area contributed by atoms with Gasteiger partial charge in [0.15, 0.2) is 0 Å². The minimum Gasteiger partial charge on any atom is -0.350 e. The van der Waals surface area contributed by atoms with Crippen molar-refractivity contribution in [3.63, 3.8) is 0 Å². The standard InChI is InChI=1S/C22H26N4O/c1-17-8-11-26-16-19(24-20(26)14-17)15-23-21(27)22(9-12-25(2)13-10-22)18-6-4-3-5-7-18/h3-8,11,14,16H,9-10,12-13,15H2,1-2H3,(H,23,27). The summed E-state index contributed by atoms with van der Waals surface area (Å²) in [5, 5.41) is 3.17. The summed E-state index contributed by atoms with van der Waals surface area (Å²) < 4.78 is 2.00. The number of aryl methyl sites for hydroxylation is 1. The molecule has 3 aromatic rings.